The van der Waals surface area contributed by atoms with Crippen LogP contribution in [0.2, 0.25) is 0 Å². The van der Waals surface area contributed by atoms with Crippen LogP contribution in [-0.2, 0) is 4.79 Å². The fraction of sp³-hybridized carbons (Fsp3) is 0.300. The molecule has 0 radical (unpaired) electrons. The molecule has 0 spiro atoms. The molecule has 1 rings (SSSR count). The number of rotatable bonds is 5. The Morgan fingerprint density at radius 2 is 1.93 bits per heavy atom. The number of benzene rings is 1. The number of aliphatic carboxylic acids is 1. The van der Waals surface area contributed by atoms with Gasteiger partial charge in [-0.2, -0.15) is 0 Å². The molecule has 0 heterocycles. The summed E-state index contributed by atoms with van der Waals surface area (Å²) < 4.78 is 0. The molecule has 0 bridgehead atoms. The number of hydrogen-bond acceptors (Lipinski definition) is 4. The van der Waals surface area contributed by atoms with E-state index in [1.807, 2.05) is 30.3 Å². The molecule has 0 aliphatic carbocycles. The minimum absolute atomic E-state index is 0.0805. The van der Waals surface area contributed by atoms with Crippen LogP contribution < -0.4 is 0 Å². The second kappa shape index (κ2) is 5.16. The van der Waals surface area contributed by atoms with Gasteiger partial charge in [0.05, 0.1) is 6.61 Å². The van der Waals surface area contributed by atoms with Gasteiger partial charge in [-0.1, -0.05) is 18.2 Å². The van der Waals surface area contributed by atoms with E-state index >= 15 is 0 Å². The second-order valence-electron chi connectivity index (χ2n) is 3.10. The van der Waals surface area contributed by atoms with Crippen molar-refractivity contribution in [2.45, 2.75) is 10.5 Å². The van der Waals surface area contributed by atoms with Crippen LogP contribution in [0, 0.1) is 0 Å². The molecule has 0 aromatic heterocycles. The Balaban J connectivity index is 2.59. The van der Waals surface area contributed by atoms with Gasteiger partial charge in [0.2, 0.25) is 0 Å². The van der Waals surface area contributed by atoms with Crippen LogP contribution in [0.1, 0.15) is 0 Å². The third kappa shape index (κ3) is 3.23. The Bertz CT molecular complexity index is 327. The molecule has 0 aliphatic heterocycles. The molecule has 15 heavy (non-hydrogen) atoms. The molecule has 1 aromatic rings. The van der Waals surface area contributed by atoms with Gasteiger partial charge in [0.1, 0.15) is 0 Å². The third-order valence-corrected chi connectivity index (χ3v) is 3.11. The number of carbonyl (C=O) groups is 1. The van der Waals surface area contributed by atoms with Crippen molar-refractivity contribution in [2.75, 3.05) is 12.4 Å². The van der Waals surface area contributed by atoms with E-state index in [1.54, 1.807) is 0 Å². The van der Waals surface area contributed by atoms with Gasteiger partial charge in [0.25, 0.3) is 0 Å². The fourth-order valence-electron chi connectivity index (χ4n) is 0.894. The van der Waals surface area contributed by atoms with Gasteiger partial charge in [0, 0.05) is 10.6 Å². The minimum Gasteiger partial charge on any atom is -0.479 e. The molecule has 0 amide bonds. The smallest absolute Gasteiger partial charge is 0.339 e. The molecule has 0 fully saturated rings. The third-order valence-electron chi connectivity index (χ3n) is 1.88. The quantitative estimate of drug-likeness (QED) is 0.643. The molecule has 0 saturated carbocycles. The number of thioether (sulfide) groups is 1. The van der Waals surface area contributed by atoms with E-state index in [2.05, 4.69) is 0 Å². The van der Waals surface area contributed by atoms with Crippen molar-refractivity contribution in [3.05, 3.63) is 30.3 Å². The maximum atomic E-state index is 10.7. The molecule has 82 valence electrons. The molecule has 3 N–H and O–H groups in total. The van der Waals surface area contributed by atoms with Crippen molar-refractivity contribution >= 4 is 17.7 Å². The van der Waals surface area contributed by atoms with E-state index in [9.17, 15) is 9.90 Å². The number of carboxylic acids is 1. The molecule has 1 atom stereocenters. The molecule has 5 heteroatoms. The monoisotopic (exact) mass is 228 g/mol. The van der Waals surface area contributed by atoms with Gasteiger partial charge in [-0.05, 0) is 12.1 Å². The van der Waals surface area contributed by atoms with E-state index in [0.29, 0.717) is 0 Å². The lowest BCUT2D eigenvalue weighted by molar-refractivity contribution is -0.159. The molecule has 4 nitrogen and oxygen atoms in total. The van der Waals surface area contributed by atoms with Crippen molar-refractivity contribution in [1.29, 1.82) is 0 Å². The first-order valence-electron chi connectivity index (χ1n) is 4.33. The topological polar surface area (TPSA) is 77.8 Å². The Hall–Kier alpha value is -1.04. The van der Waals surface area contributed by atoms with Crippen LogP contribution >= 0.6 is 11.8 Å². The standard InChI is InChI=1S/C10H12O4S/c11-6-10(14,9(12)13)7-15-8-4-2-1-3-5-8/h1-5,11,14H,6-7H2,(H,12,13). The van der Waals surface area contributed by atoms with Gasteiger partial charge >= 0.3 is 5.97 Å². The molecule has 1 unspecified atom stereocenters. The van der Waals surface area contributed by atoms with Crippen LogP contribution in [0.5, 0.6) is 0 Å². The predicted molar refractivity (Wildman–Crippen MR) is 56.8 cm³/mol. The van der Waals surface area contributed by atoms with Gasteiger partial charge in [-0.25, -0.2) is 4.79 Å². The molecule has 0 aliphatic rings. The van der Waals surface area contributed by atoms with E-state index in [0.717, 1.165) is 4.90 Å². The number of aliphatic hydroxyl groups excluding tert-OH is 1. The summed E-state index contributed by atoms with van der Waals surface area (Å²) in [4.78, 5) is 11.5. The molecule has 0 saturated heterocycles. The summed E-state index contributed by atoms with van der Waals surface area (Å²) in [7, 11) is 0. The second-order valence-corrected chi connectivity index (χ2v) is 4.15. The highest BCUT2D eigenvalue weighted by atomic mass is 32.2. The summed E-state index contributed by atoms with van der Waals surface area (Å²) in [5.41, 5.74) is -2.07. The van der Waals surface area contributed by atoms with Crippen molar-refractivity contribution < 1.29 is 20.1 Å². The van der Waals surface area contributed by atoms with Crippen molar-refractivity contribution in [1.82, 2.24) is 0 Å². The summed E-state index contributed by atoms with van der Waals surface area (Å²) in [6.45, 7) is -0.790. The lowest BCUT2D eigenvalue weighted by Crippen LogP contribution is -2.44. The fourth-order valence-corrected chi connectivity index (χ4v) is 1.86. The average molecular weight is 228 g/mol. The number of hydrogen-bond donors (Lipinski definition) is 3. The van der Waals surface area contributed by atoms with Crippen LogP contribution in [0.3, 0.4) is 0 Å². The Morgan fingerprint density at radius 1 is 1.33 bits per heavy atom. The average Bonchev–Trinajstić information content (AvgIpc) is 2.27. The molecule has 1 aromatic carbocycles. The maximum absolute atomic E-state index is 10.7. The zero-order valence-electron chi connectivity index (χ0n) is 7.96. The minimum atomic E-state index is -2.07. The summed E-state index contributed by atoms with van der Waals surface area (Å²) in [5, 5.41) is 27.0. The first-order chi connectivity index (χ1) is 7.08. The normalized spacial score (nSPS) is 14.5. The molecular weight excluding hydrogens is 216 g/mol. The predicted octanol–water partition coefficient (Wildman–Crippen LogP) is 0.587. The van der Waals surface area contributed by atoms with Gasteiger partial charge in [-0.15, -0.1) is 11.8 Å². The van der Waals surface area contributed by atoms with Gasteiger partial charge in [-0.3, -0.25) is 0 Å². The van der Waals surface area contributed by atoms with E-state index in [-0.39, 0.29) is 5.75 Å². The van der Waals surface area contributed by atoms with Gasteiger partial charge < -0.3 is 15.3 Å². The van der Waals surface area contributed by atoms with Crippen molar-refractivity contribution in [2.24, 2.45) is 0 Å². The molecular formula is C10H12O4S. The lowest BCUT2D eigenvalue weighted by atomic mass is 10.1. The first kappa shape index (κ1) is 12.0. The van der Waals surface area contributed by atoms with Crippen LogP contribution in [-0.4, -0.2) is 39.2 Å². The highest BCUT2D eigenvalue weighted by molar-refractivity contribution is 7.99. The Kier molecular flexibility index (Phi) is 4.14. The Morgan fingerprint density at radius 3 is 2.40 bits per heavy atom. The first-order valence-corrected chi connectivity index (χ1v) is 5.31. The zero-order valence-corrected chi connectivity index (χ0v) is 8.78. The summed E-state index contributed by atoms with van der Waals surface area (Å²) in [6, 6.07) is 9.11. The van der Waals surface area contributed by atoms with E-state index in [4.69, 9.17) is 10.2 Å². The Labute approximate surface area is 91.6 Å². The van der Waals surface area contributed by atoms with Crippen molar-refractivity contribution in [3.63, 3.8) is 0 Å². The highest BCUT2D eigenvalue weighted by Crippen LogP contribution is 2.22. The van der Waals surface area contributed by atoms with E-state index < -0.39 is 18.2 Å². The summed E-state index contributed by atoms with van der Waals surface area (Å²) >= 11 is 1.19. The van der Waals surface area contributed by atoms with Crippen molar-refractivity contribution in [3.8, 4) is 0 Å². The summed E-state index contributed by atoms with van der Waals surface area (Å²) in [6.07, 6.45) is 0. The largest absolute Gasteiger partial charge is 0.479 e. The highest BCUT2D eigenvalue weighted by Gasteiger charge is 2.35. The number of carboxylic acid groups (broad SMARTS) is 1. The summed E-state index contributed by atoms with van der Waals surface area (Å²) in [5.74, 6) is -1.49. The maximum Gasteiger partial charge on any atom is 0.339 e. The van der Waals surface area contributed by atoms with Crippen LogP contribution in [0.4, 0.5) is 0 Å². The van der Waals surface area contributed by atoms with E-state index in [1.165, 1.54) is 11.8 Å². The lowest BCUT2D eigenvalue weighted by Gasteiger charge is -2.19. The zero-order chi connectivity index (χ0) is 11.3. The van der Waals surface area contributed by atoms with Crippen LogP contribution in [0.15, 0.2) is 35.2 Å². The van der Waals surface area contributed by atoms with Crippen LogP contribution in [0.25, 0.3) is 0 Å². The van der Waals surface area contributed by atoms with Gasteiger partial charge in [0.15, 0.2) is 5.60 Å². The number of aliphatic hydroxyl groups is 2. The SMILES string of the molecule is O=C(O)C(O)(CO)CSc1ccccc1.